The lowest BCUT2D eigenvalue weighted by atomic mass is 9.70. The van der Waals surface area contributed by atoms with Crippen molar-refractivity contribution in [2.45, 2.75) is 70.9 Å². The van der Waals surface area contributed by atoms with Crippen molar-refractivity contribution in [1.29, 1.82) is 0 Å². The third kappa shape index (κ3) is 2.43. The average Bonchev–Trinajstić information content (AvgIpc) is 2.74. The molecule has 0 aromatic carbocycles. The number of carbonyl (C=O) groups is 1. The van der Waals surface area contributed by atoms with Crippen LogP contribution in [0.5, 0.6) is 0 Å². The van der Waals surface area contributed by atoms with Crippen LogP contribution in [0.2, 0.25) is 0 Å². The molecule has 3 fully saturated rings. The van der Waals surface area contributed by atoms with Crippen LogP contribution in [0.1, 0.15) is 58.8 Å². The molecule has 0 amide bonds. The molecule has 2 bridgehead atoms. The Labute approximate surface area is 133 Å². The van der Waals surface area contributed by atoms with Gasteiger partial charge in [-0.3, -0.25) is 4.79 Å². The average molecular weight is 328 g/mol. The van der Waals surface area contributed by atoms with Crippen LogP contribution in [-0.4, -0.2) is 32.0 Å². The molecule has 0 spiro atoms. The lowest BCUT2D eigenvalue weighted by molar-refractivity contribution is -0.128. The molecule has 0 heterocycles. The van der Waals surface area contributed by atoms with Crippen LogP contribution in [0.25, 0.3) is 0 Å². The summed E-state index contributed by atoms with van der Waals surface area (Å²) >= 11 is 0. The van der Waals surface area contributed by atoms with E-state index < -0.39 is 15.4 Å². The molecule has 3 saturated carbocycles. The van der Waals surface area contributed by atoms with E-state index in [1.54, 1.807) is 0 Å². The van der Waals surface area contributed by atoms with Crippen molar-refractivity contribution in [1.82, 2.24) is 4.72 Å². The lowest BCUT2D eigenvalue weighted by Crippen LogP contribution is -2.53. The molecule has 2 unspecified atom stereocenters. The van der Waals surface area contributed by atoms with Gasteiger partial charge in [-0.25, -0.2) is 13.1 Å². The number of Topliss-reactive ketones (excluding diaryl/α,β-unsaturated/α-hetero) is 1. The van der Waals surface area contributed by atoms with Gasteiger partial charge in [0.1, 0.15) is 5.78 Å². The highest BCUT2D eigenvalue weighted by Gasteiger charge is 2.65. The van der Waals surface area contributed by atoms with Gasteiger partial charge in [-0.1, -0.05) is 26.7 Å². The standard InChI is InChI=1S/C16H28N2O3S/c1-15(2)11-7-8-16(15,14(19)9-11)10-22(20,21)18-13-6-4-3-5-12(13)17/h11-13,18H,3-10,17H2,1-2H3/t11?,12-,13-,16?/m0/s1. The van der Waals surface area contributed by atoms with Crippen LogP contribution in [0.15, 0.2) is 0 Å². The first-order chi connectivity index (χ1) is 10.2. The number of ketones is 1. The number of hydrogen-bond donors (Lipinski definition) is 2. The molecule has 3 N–H and O–H groups in total. The number of hydrogen-bond acceptors (Lipinski definition) is 4. The van der Waals surface area contributed by atoms with E-state index in [4.69, 9.17) is 5.73 Å². The summed E-state index contributed by atoms with van der Waals surface area (Å²) in [5.41, 5.74) is 5.15. The number of nitrogens with two attached hydrogens (primary N) is 1. The van der Waals surface area contributed by atoms with Gasteiger partial charge in [-0.2, -0.15) is 0 Å². The molecule has 0 aliphatic heterocycles. The maximum Gasteiger partial charge on any atom is 0.212 e. The Hall–Kier alpha value is -0.460. The highest BCUT2D eigenvalue weighted by atomic mass is 32.2. The van der Waals surface area contributed by atoms with Gasteiger partial charge in [0.25, 0.3) is 0 Å². The fraction of sp³-hybridized carbons (Fsp3) is 0.938. The molecule has 0 aromatic heterocycles. The van der Waals surface area contributed by atoms with Gasteiger partial charge in [0.15, 0.2) is 0 Å². The lowest BCUT2D eigenvalue weighted by Gasteiger charge is -2.37. The normalized spacial score (nSPS) is 41.0. The van der Waals surface area contributed by atoms with Crippen molar-refractivity contribution in [2.75, 3.05) is 5.75 Å². The van der Waals surface area contributed by atoms with Gasteiger partial charge in [0, 0.05) is 23.9 Å². The van der Waals surface area contributed by atoms with E-state index in [0.717, 1.165) is 32.1 Å². The fourth-order valence-corrected chi connectivity index (χ4v) is 7.17. The smallest absolute Gasteiger partial charge is 0.212 e. The summed E-state index contributed by atoms with van der Waals surface area (Å²) in [6.07, 6.45) is 5.97. The molecule has 3 rings (SSSR count). The maximum absolute atomic E-state index is 12.7. The van der Waals surface area contributed by atoms with Gasteiger partial charge >= 0.3 is 0 Å². The van der Waals surface area contributed by atoms with Crippen LogP contribution < -0.4 is 10.5 Å². The number of carbonyl (C=O) groups excluding carboxylic acids is 1. The van der Waals surface area contributed by atoms with E-state index in [-0.39, 0.29) is 29.0 Å². The van der Waals surface area contributed by atoms with Crippen molar-refractivity contribution in [3.8, 4) is 0 Å². The Morgan fingerprint density at radius 1 is 1.23 bits per heavy atom. The summed E-state index contributed by atoms with van der Waals surface area (Å²) < 4.78 is 28.2. The summed E-state index contributed by atoms with van der Waals surface area (Å²) in [5.74, 6) is 0.421. The SMILES string of the molecule is CC1(C)C2CCC1(CS(=O)(=O)N[C@H]1CCCC[C@@H]1N)C(=O)C2. The van der Waals surface area contributed by atoms with Crippen LogP contribution in [0, 0.1) is 16.7 Å². The first kappa shape index (κ1) is 16.4. The number of nitrogens with one attached hydrogen (secondary N) is 1. The maximum atomic E-state index is 12.7. The summed E-state index contributed by atoms with van der Waals surface area (Å²) in [6.45, 7) is 4.13. The van der Waals surface area contributed by atoms with E-state index in [0.29, 0.717) is 18.8 Å². The second-order valence-electron chi connectivity index (χ2n) is 8.10. The van der Waals surface area contributed by atoms with Gasteiger partial charge in [0.05, 0.1) is 5.75 Å². The Morgan fingerprint density at radius 2 is 1.91 bits per heavy atom. The first-order valence-electron chi connectivity index (χ1n) is 8.47. The number of rotatable bonds is 4. The van der Waals surface area contributed by atoms with Crippen LogP contribution in [-0.2, 0) is 14.8 Å². The molecule has 0 aromatic rings. The monoisotopic (exact) mass is 328 g/mol. The van der Waals surface area contributed by atoms with Crippen molar-refractivity contribution in [3.05, 3.63) is 0 Å². The Morgan fingerprint density at radius 3 is 2.45 bits per heavy atom. The van der Waals surface area contributed by atoms with Crippen LogP contribution in [0.4, 0.5) is 0 Å². The van der Waals surface area contributed by atoms with E-state index >= 15 is 0 Å². The van der Waals surface area contributed by atoms with Gasteiger partial charge in [-0.15, -0.1) is 0 Å². The van der Waals surface area contributed by atoms with E-state index in [9.17, 15) is 13.2 Å². The zero-order chi connectivity index (χ0) is 16.2. The third-order valence-electron chi connectivity index (χ3n) is 6.73. The van der Waals surface area contributed by atoms with E-state index in [2.05, 4.69) is 18.6 Å². The minimum absolute atomic E-state index is 0.0639. The molecule has 22 heavy (non-hydrogen) atoms. The highest BCUT2D eigenvalue weighted by molar-refractivity contribution is 7.89. The number of sulfonamides is 1. The predicted octanol–water partition coefficient (Wildman–Crippen LogP) is 1.57. The predicted molar refractivity (Wildman–Crippen MR) is 85.7 cm³/mol. The molecule has 3 aliphatic rings. The van der Waals surface area contributed by atoms with Crippen molar-refractivity contribution in [2.24, 2.45) is 22.5 Å². The van der Waals surface area contributed by atoms with Gasteiger partial charge in [0.2, 0.25) is 10.0 Å². The summed E-state index contributed by atoms with van der Waals surface area (Å²) in [7, 11) is -3.50. The molecule has 126 valence electrons. The highest BCUT2D eigenvalue weighted by Crippen LogP contribution is 2.64. The zero-order valence-electron chi connectivity index (χ0n) is 13.6. The van der Waals surface area contributed by atoms with Crippen molar-refractivity contribution in [3.63, 3.8) is 0 Å². The molecule has 0 radical (unpaired) electrons. The van der Waals surface area contributed by atoms with Gasteiger partial charge < -0.3 is 5.73 Å². The molecule has 4 atom stereocenters. The Bertz CT molecular complexity index is 572. The quantitative estimate of drug-likeness (QED) is 0.820. The second-order valence-corrected chi connectivity index (χ2v) is 9.85. The fourth-order valence-electron chi connectivity index (χ4n) is 5.01. The Kier molecular flexibility index (Phi) is 3.94. The largest absolute Gasteiger partial charge is 0.326 e. The Balaban J connectivity index is 1.78. The summed E-state index contributed by atoms with van der Waals surface area (Å²) in [4.78, 5) is 12.5. The molecule has 5 nitrogen and oxygen atoms in total. The molecule has 0 saturated heterocycles. The molecule has 3 aliphatic carbocycles. The minimum atomic E-state index is -3.50. The molecule has 6 heteroatoms. The summed E-state index contributed by atoms with van der Waals surface area (Å²) in [6, 6.07) is -0.281. The van der Waals surface area contributed by atoms with Crippen LogP contribution >= 0.6 is 0 Å². The first-order valence-corrected chi connectivity index (χ1v) is 10.1. The number of fused-ring (bicyclic) bond motifs is 2. The third-order valence-corrected chi connectivity index (χ3v) is 8.26. The topological polar surface area (TPSA) is 89.3 Å². The van der Waals surface area contributed by atoms with E-state index in [1.165, 1.54) is 0 Å². The minimum Gasteiger partial charge on any atom is -0.326 e. The van der Waals surface area contributed by atoms with Gasteiger partial charge in [-0.05, 0) is 37.0 Å². The molecular formula is C16H28N2O3S. The second kappa shape index (κ2) is 5.28. The molecular weight excluding hydrogens is 300 g/mol. The van der Waals surface area contributed by atoms with Crippen molar-refractivity contribution >= 4 is 15.8 Å². The van der Waals surface area contributed by atoms with E-state index in [1.807, 2.05) is 0 Å². The van der Waals surface area contributed by atoms with Crippen molar-refractivity contribution < 1.29 is 13.2 Å². The van der Waals surface area contributed by atoms with Crippen LogP contribution in [0.3, 0.4) is 0 Å². The summed E-state index contributed by atoms with van der Waals surface area (Å²) in [5, 5.41) is 0. The zero-order valence-corrected chi connectivity index (χ0v) is 14.4.